The van der Waals surface area contributed by atoms with Gasteiger partial charge in [0.2, 0.25) is 0 Å². The van der Waals surface area contributed by atoms with Crippen LogP contribution in [0.25, 0.3) is 0 Å². The Balaban J connectivity index is 1.61. The monoisotopic (exact) mass is 668 g/mol. The van der Waals surface area contributed by atoms with E-state index in [2.05, 4.69) is 135 Å². The van der Waals surface area contributed by atoms with Gasteiger partial charge < -0.3 is 0 Å². The fraction of sp³-hybridized carbons (Fsp3) is 0.189. The van der Waals surface area contributed by atoms with Crippen molar-refractivity contribution in [3.05, 3.63) is 156 Å². The second-order valence-corrected chi connectivity index (χ2v) is 23.1. The Hall–Kier alpha value is -2.99. The number of rotatable bonds is 12. The third-order valence-electron chi connectivity index (χ3n) is 8.19. The zero-order valence-corrected chi connectivity index (χ0v) is 29.0. The second kappa shape index (κ2) is 14.2. The molecule has 0 bridgehead atoms. The van der Waals surface area contributed by atoms with Gasteiger partial charge in [0, 0.05) is 0 Å². The molecule has 43 heavy (non-hydrogen) atoms. The van der Waals surface area contributed by atoms with Crippen molar-refractivity contribution >= 4 is 45.0 Å². The van der Waals surface area contributed by atoms with Gasteiger partial charge in [-0.2, -0.15) is 0 Å². The number of hydrogen-bond acceptors (Lipinski definition) is 4. The molecule has 0 aliphatic heterocycles. The van der Waals surface area contributed by atoms with E-state index in [0.29, 0.717) is 5.75 Å². The van der Waals surface area contributed by atoms with Crippen molar-refractivity contribution in [3.63, 3.8) is 0 Å². The van der Waals surface area contributed by atoms with Gasteiger partial charge in [-0.3, -0.25) is 0 Å². The van der Waals surface area contributed by atoms with Crippen molar-refractivity contribution in [2.24, 2.45) is 0 Å². The summed E-state index contributed by atoms with van der Waals surface area (Å²) in [6.07, 6.45) is 0.426. The third-order valence-corrected chi connectivity index (χ3v) is 21.9. The molecule has 0 aliphatic rings. The third kappa shape index (κ3) is 7.06. The molecule has 3 unspecified atom stereocenters. The summed E-state index contributed by atoms with van der Waals surface area (Å²) >= 11 is 2.71. The first-order valence-electron chi connectivity index (χ1n) is 14.7. The Morgan fingerprint density at radius 3 is 1.58 bits per heavy atom. The molecule has 0 spiro atoms. The minimum absolute atomic E-state index is 0.263. The Bertz CT molecular complexity index is 1550. The summed E-state index contributed by atoms with van der Waals surface area (Å²) in [6, 6.07) is 49.7. The fourth-order valence-corrected chi connectivity index (χ4v) is 19.3. The predicted octanol–water partition coefficient (Wildman–Crippen LogP) is 8.26. The van der Waals surface area contributed by atoms with Crippen LogP contribution in [0.3, 0.4) is 0 Å². The van der Waals surface area contributed by atoms with Crippen LogP contribution in [0.1, 0.15) is 36.1 Å². The quantitative estimate of drug-likeness (QED) is 0.0990. The van der Waals surface area contributed by atoms with Crippen molar-refractivity contribution in [3.8, 4) is 5.75 Å². The summed E-state index contributed by atoms with van der Waals surface area (Å²) in [6.45, 7) is 3.33. The van der Waals surface area contributed by atoms with Crippen LogP contribution in [-0.4, -0.2) is 20.4 Å². The molecule has 220 valence electrons. The van der Waals surface area contributed by atoms with Crippen LogP contribution in [0.4, 0.5) is 0 Å². The van der Waals surface area contributed by atoms with Crippen LogP contribution in [0.15, 0.2) is 140 Å². The van der Waals surface area contributed by atoms with E-state index in [1.54, 1.807) is 7.11 Å². The van der Waals surface area contributed by atoms with Crippen LogP contribution in [-0.2, 0) is 20.9 Å². The summed E-state index contributed by atoms with van der Waals surface area (Å²) in [5.41, 5.74) is 3.24. The van der Waals surface area contributed by atoms with Crippen molar-refractivity contribution < 1.29 is 13.6 Å². The molecule has 0 N–H and O–H groups in total. The van der Waals surface area contributed by atoms with Gasteiger partial charge in [-0.05, 0) is 0 Å². The maximum atomic E-state index is 6.85. The zero-order chi connectivity index (χ0) is 30.3. The van der Waals surface area contributed by atoms with E-state index in [1.165, 1.54) is 18.8 Å². The second-order valence-electron chi connectivity index (χ2n) is 11.0. The number of aryl methyl sites for hydroxylation is 2. The van der Waals surface area contributed by atoms with Crippen LogP contribution in [0.5, 0.6) is 5.75 Å². The summed E-state index contributed by atoms with van der Waals surface area (Å²) in [7, 11) is 1.59. The summed E-state index contributed by atoms with van der Waals surface area (Å²) in [4.78, 5) is 0. The van der Waals surface area contributed by atoms with Crippen LogP contribution in [0, 0.1) is 13.8 Å². The molecule has 0 saturated carbocycles. The van der Waals surface area contributed by atoms with Gasteiger partial charge in [-0.1, -0.05) is 0 Å². The first-order valence-corrected chi connectivity index (χ1v) is 21.6. The Kier molecular flexibility index (Phi) is 10.4. The molecule has 0 heterocycles. The summed E-state index contributed by atoms with van der Waals surface area (Å²) in [5, 5.41) is 0. The van der Waals surface area contributed by atoms with E-state index in [-0.39, 0.29) is 10.9 Å². The molecule has 5 aromatic carbocycles. The van der Waals surface area contributed by atoms with Crippen LogP contribution < -0.4 is 17.7 Å². The standard InChI is InChI=1S/C37H39GeO3PS/c1-29-25-26-36(30(2)27-29)40-42(43,39-4)41-37(32-17-9-5-10-18-32)28-31(3)38(33-19-11-6-12-20-33,34-21-13-7-14-22-34)35-23-15-8-16-24-35/h5-27,31,37H,28H2,1-4H3. The van der Waals surface area contributed by atoms with Gasteiger partial charge in [-0.15, -0.1) is 0 Å². The molecule has 5 aromatic rings. The Morgan fingerprint density at radius 2 is 1.14 bits per heavy atom. The predicted molar refractivity (Wildman–Crippen MR) is 186 cm³/mol. The molecule has 0 amide bonds. The van der Waals surface area contributed by atoms with Gasteiger partial charge in [-0.25, -0.2) is 0 Å². The molecule has 3 atom stereocenters. The van der Waals surface area contributed by atoms with E-state index in [4.69, 9.17) is 25.4 Å². The Labute approximate surface area is 264 Å². The normalized spacial score (nSPS) is 14.4. The van der Waals surface area contributed by atoms with E-state index in [1.807, 2.05) is 25.1 Å². The molecule has 0 aromatic heterocycles. The van der Waals surface area contributed by atoms with E-state index < -0.39 is 20.0 Å². The molecule has 0 saturated heterocycles. The minimum atomic E-state index is -3.33. The van der Waals surface area contributed by atoms with E-state index in [0.717, 1.165) is 17.5 Å². The van der Waals surface area contributed by atoms with E-state index in [9.17, 15) is 0 Å². The summed E-state index contributed by atoms with van der Waals surface area (Å²) in [5.74, 6) is 0.695. The molecular formula is C37H39GeO3PS. The fourth-order valence-electron chi connectivity index (χ4n) is 6.14. The topological polar surface area (TPSA) is 27.7 Å². The van der Waals surface area contributed by atoms with Gasteiger partial charge >= 0.3 is 266 Å². The zero-order valence-electron chi connectivity index (χ0n) is 25.2. The first kappa shape index (κ1) is 31.4. The number of benzene rings is 5. The molecule has 0 fully saturated rings. The van der Waals surface area contributed by atoms with Crippen molar-refractivity contribution in [1.29, 1.82) is 0 Å². The first-order chi connectivity index (χ1) is 20.9. The SMILES string of the molecule is COP(=S)(Oc1ccc(C)cc1C)OC(C[CH](C)[Ge]([c]1ccccc1)([c]1ccccc1)[c]1ccccc1)c1ccccc1. The van der Waals surface area contributed by atoms with Crippen molar-refractivity contribution in [1.82, 2.24) is 0 Å². The number of hydrogen-bond donors (Lipinski definition) is 0. The van der Waals surface area contributed by atoms with Gasteiger partial charge in [0.05, 0.1) is 0 Å². The van der Waals surface area contributed by atoms with Gasteiger partial charge in [0.1, 0.15) is 0 Å². The molecule has 0 radical (unpaired) electrons. The summed E-state index contributed by atoms with van der Waals surface area (Å²) < 4.78 is 23.7. The van der Waals surface area contributed by atoms with Crippen LogP contribution >= 0.6 is 6.72 Å². The van der Waals surface area contributed by atoms with Gasteiger partial charge in [0.25, 0.3) is 0 Å². The Morgan fingerprint density at radius 1 is 0.674 bits per heavy atom. The molecule has 3 nitrogen and oxygen atoms in total. The van der Waals surface area contributed by atoms with Crippen LogP contribution in [0.2, 0.25) is 4.75 Å². The average molecular weight is 667 g/mol. The molecular weight excluding hydrogens is 628 g/mol. The van der Waals surface area contributed by atoms with Crippen molar-refractivity contribution in [2.75, 3.05) is 7.11 Å². The maximum absolute atomic E-state index is 6.85. The van der Waals surface area contributed by atoms with Gasteiger partial charge in [0.15, 0.2) is 0 Å². The van der Waals surface area contributed by atoms with E-state index >= 15 is 0 Å². The molecule has 0 aliphatic carbocycles. The van der Waals surface area contributed by atoms with Crippen molar-refractivity contribution in [2.45, 2.75) is 38.0 Å². The molecule has 6 heteroatoms. The average Bonchev–Trinajstić information content (AvgIpc) is 3.04. The molecule has 5 rings (SSSR count).